The van der Waals surface area contributed by atoms with Crippen molar-refractivity contribution in [3.63, 3.8) is 0 Å². The molecule has 0 bridgehead atoms. The number of rotatable bonds is 20. The van der Waals surface area contributed by atoms with Gasteiger partial charge in [-0.2, -0.15) is 0 Å². The summed E-state index contributed by atoms with van der Waals surface area (Å²) in [4.78, 5) is 12.1. The van der Waals surface area contributed by atoms with Crippen molar-refractivity contribution < 1.29 is 28.5 Å². The molecule has 0 N–H and O–H groups in total. The standard InChI is InChI=1S/C23H44O6/c1-7-13-14-15-16-17-18-19-20-22(25-9-3,26-10-4)23(27-11-5,28-12-6)29-21(24)8-2/h8H,2,7,9-20H2,1,3-6H3. The summed E-state index contributed by atoms with van der Waals surface area (Å²) in [5, 5.41) is 0. The van der Waals surface area contributed by atoms with Gasteiger partial charge in [-0.3, -0.25) is 0 Å². The van der Waals surface area contributed by atoms with Gasteiger partial charge in [-0.25, -0.2) is 4.79 Å². The second-order valence-electron chi connectivity index (χ2n) is 6.89. The Morgan fingerprint density at radius 1 is 0.724 bits per heavy atom. The average molecular weight is 417 g/mol. The van der Waals surface area contributed by atoms with E-state index in [0.29, 0.717) is 19.6 Å². The van der Waals surface area contributed by atoms with Gasteiger partial charge in [0.05, 0.1) is 13.2 Å². The van der Waals surface area contributed by atoms with E-state index >= 15 is 0 Å². The van der Waals surface area contributed by atoms with Crippen LogP contribution in [0.5, 0.6) is 0 Å². The SMILES string of the molecule is C=CC(=O)OC(OCC)(OCC)C(CCCCCCCCCC)(OCC)OCC. The molecule has 0 atom stereocenters. The van der Waals surface area contributed by atoms with E-state index in [4.69, 9.17) is 23.7 Å². The van der Waals surface area contributed by atoms with Crippen LogP contribution in [0.2, 0.25) is 0 Å². The van der Waals surface area contributed by atoms with E-state index in [0.717, 1.165) is 25.3 Å². The summed E-state index contributed by atoms with van der Waals surface area (Å²) in [5.41, 5.74) is 0. The van der Waals surface area contributed by atoms with Gasteiger partial charge < -0.3 is 23.7 Å². The highest BCUT2D eigenvalue weighted by Crippen LogP contribution is 2.39. The minimum absolute atomic E-state index is 0.268. The Morgan fingerprint density at radius 2 is 1.17 bits per heavy atom. The highest BCUT2D eigenvalue weighted by molar-refractivity contribution is 5.81. The van der Waals surface area contributed by atoms with Crippen LogP contribution < -0.4 is 0 Å². The van der Waals surface area contributed by atoms with Gasteiger partial charge in [0.1, 0.15) is 0 Å². The molecule has 0 radical (unpaired) electrons. The monoisotopic (exact) mass is 416 g/mol. The molecule has 6 heteroatoms. The van der Waals surface area contributed by atoms with Crippen molar-refractivity contribution in [3.05, 3.63) is 12.7 Å². The zero-order valence-corrected chi connectivity index (χ0v) is 19.4. The second-order valence-corrected chi connectivity index (χ2v) is 6.89. The van der Waals surface area contributed by atoms with Crippen molar-refractivity contribution in [3.8, 4) is 0 Å². The van der Waals surface area contributed by atoms with E-state index < -0.39 is 17.7 Å². The van der Waals surface area contributed by atoms with Gasteiger partial charge in [0.2, 0.25) is 0 Å². The number of ether oxygens (including phenoxy) is 5. The van der Waals surface area contributed by atoms with Gasteiger partial charge in [0, 0.05) is 25.7 Å². The number of unbranched alkanes of at least 4 members (excludes halogenated alkanes) is 7. The molecule has 0 fully saturated rings. The molecule has 0 aromatic carbocycles. The quantitative estimate of drug-likeness (QED) is 0.109. The third-order valence-electron chi connectivity index (χ3n) is 4.65. The predicted molar refractivity (Wildman–Crippen MR) is 115 cm³/mol. The minimum atomic E-state index is -1.78. The van der Waals surface area contributed by atoms with Crippen LogP contribution >= 0.6 is 0 Å². The highest BCUT2D eigenvalue weighted by Gasteiger charge is 2.60. The van der Waals surface area contributed by atoms with Crippen LogP contribution in [0.3, 0.4) is 0 Å². The molecular formula is C23H44O6. The maximum Gasteiger partial charge on any atom is 0.387 e. The molecule has 0 spiro atoms. The van der Waals surface area contributed by atoms with Crippen LogP contribution in [-0.4, -0.2) is 44.2 Å². The Labute approximate surface area is 178 Å². The van der Waals surface area contributed by atoms with Gasteiger partial charge in [0.15, 0.2) is 0 Å². The van der Waals surface area contributed by atoms with Crippen LogP contribution in [-0.2, 0) is 28.5 Å². The van der Waals surface area contributed by atoms with E-state index in [9.17, 15) is 4.79 Å². The Kier molecular flexibility index (Phi) is 16.3. The van der Waals surface area contributed by atoms with Crippen molar-refractivity contribution in [2.24, 2.45) is 0 Å². The summed E-state index contributed by atoms with van der Waals surface area (Å²) in [7, 11) is 0. The zero-order chi connectivity index (χ0) is 22.0. The Balaban J connectivity index is 5.39. The molecule has 0 aliphatic rings. The van der Waals surface area contributed by atoms with E-state index in [1.54, 1.807) is 0 Å². The molecule has 0 unspecified atom stereocenters. The lowest BCUT2D eigenvalue weighted by molar-refractivity contribution is -0.484. The molecule has 0 saturated heterocycles. The third-order valence-corrected chi connectivity index (χ3v) is 4.65. The first-order valence-electron chi connectivity index (χ1n) is 11.4. The predicted octanol–water partition coefficient (Wildman–Crippen LogP) is 5.74. The largest absolute Gasteiger partial charge is 0.400 e. The van der Waals surface area contributed by atoms with Crippen molar-refractivity contribution in [1.82, 2.24) is 0 Å². The smallest absolute Gasteiger partial charge is 0.387 e. The first kappa shape index (κ1) is 28.1. The summed E-state index contributed by atoms with van der Waals surface area (Å²) < 4.78 is 29.5. The van der Waals surface area contributed by atoms with Crippen LogP contribution in [0.1, 0.15) is 92.4 Å². The molecule has 29 heavy (non-hydrogen) atoms. The molecule has 0 amide bonds. The number of carbonyl (C=O) groups excluding carboxylic acids is 1. The number of hydrogen-bond donors (Lipinski definition) is 0. The highest BCUT2D eigenvalue weighted by atomic mass is 16.9. The summed E-state index contributed by atoms with van der Waals surface area (Å²) >= 11 is 0. The summed E-state index contributed by atoms with van der Waals surface area (Å²) in [6.07, 6.45) is 11.0. The van der Waals surface area contributed by atoms with Crippen LogP contribution in [0.25, 0.3) is 0 Å². The van der Waals surface area contributed by atoms with E-state index in [1.165, 1.54) is 32.1 Å². The van der Waals surface area contributed by atoms with Gasteiger partial charge in [-0.05, 0) is 34.1 Å². The minimum Gasteiger partial charge on any atom is -0.400 e. The van der Waals surface area contributed by atoms with Gasteiger partial charge in [-0.1, -0.05) is 58.4 Å². The molecule has 172 valence electrons. The van der Waals surface area contributed by atoms with Gasteiger partial charge in [-0.15, -0.1) is 0 Å². The molecule has 0 aromatic rings. The van der Waals surface area contributed by atoms with Gasteiger partial charge >= 0.3 is 11.9 Å². The van der Waals surface area contributed by atoms with Crippen molar-refractivity contribution in [2.75, 3.05) is 26.4 Å². The number of hydrogen-bond acceptors (Lipinski definition) is 6. The van der Waals surface area contributed by atoms with Crippen molar-refractivity contribution in [1.29, 1.82) is 0 Å². The first-order chi connectivity index (χ1) is 14.0. The molecular weight excluding hydrogens is 372 g/mol. The number of carbonyl (C=O) groups is 1. The lowest BCUT2D eigenvalue weighted by Crippen LogP contribution is -2.63. The molecule has 0 heterocycles. The average Bonchev–Trinajstić information content (AvgIpc) is 2.70. The molecule has 0 rings (SSSR count). The molecule has 0 aliphatic heterocycles. The lowest BCUT2D eigenvalue weighted by atomic mass is 10.0. The molecule has 6 nitrogen and oxygen atoms in total. The lowest BCUT2D eigenvalue weighted by Gasteiger charge is -2.46. The Morgan fingerprint density at radius 3 is 1.59 bits per heavy atom. The Hall–Kier alpha value is -0.950. The fourth-order valence-electron chi connectivity index (χ4n) is 3.43. The summed E-state index contributed by atoms with van der Waals surface area (Å²) in [6, 6.07) is 0. The normalized spacial score (nSPS) is 12.2. The third kappa shape index (κ3) is 9.60. The fourth-order valence-corrected chi connectivity index (χ4v) is 3.43. The first-order valence-corrected chi connectivity index (χ1v) is 11.4. The topological polar surface area (TPSA) is 63.2 Å². The molecule has 0 saturated carbocycles. The summed E-state index contributed by atoms with van der Waals surface area (Å²) in [6.45, 7) is 14.4. The van der Waals surface area contributed by atoms with Crippen LogP contribution in [0.4, 0.5) is 0 Å². The maximum atomic E-state index is 12.1. The molecule has 0 aromatic heterocycles. The second kappa shape index (κ2) is 16.8. The Bertz CT molecular complexity index is 412. The fraction of sp³-hybridized carbons (Fsp3) is 0.870. The van der Waals surface area contributed by atoms with E-state index in [-0.39, 0.29) is 13.2 Å². The van der Waals surface area contributed by atoms with Crippen LogP contribution in [0, 0.1) is 0 Å². The van der Waals surface area contributed by atoms with Crippen molar-refractivity contribution in [2.45, 2.75) is 104 Å². The van der Waals surface area contributed by atoms with E-state index in [2.05, 4.69) is 13.5 Å². The van der Waals surface area contributed by atoms with Crippen LogP contribution in [0.15, 0.2) is 12.7 Å². The maximum absolute atomic E-state index is 12.1. The molecule has 0 aliphatic carbocycles. The number of esters is 1. The van der Waals surface area contributed by atoms with Gasteiger partial charge in [0.25, 0.3) is 5.79 Å². The van der Waals surface area contributed by atoms with Crippen molar-refractivity contribution >= 4 is 5.97 Å². The zero-order valence-electron chi connectivity index (χ0n) is 19.4. The van der Waals surface area contributed by atoms with E-state index in [1.807, 2.05) is 27.7 Å². The summed E-state index contributed by atoms with van der Waals surface area (Å²) in [5.74, 6) is -3.77.